The first kappa shape index (κ1) is 48.7. The van der Waals surface area contributed by atoms with Crippen molar-refractivity contribution in [2.75, 3.05) is 26.2 Å². The number of guanidine groups is 1. The van der Waals surface area contributed by atoms with E-state index in [4.69, 9.17) is 16.9 Å². The van der Waals surface area contributed by atoms with Crippen molar-refractivity contribution in [3.63, 3.8) is 0 Å². The number of nitrogens with zero attached hydrogens (tertiary/aromatic N) is 1. The van der Waals surface area contributed by atoms with Gasteiger partial charge in [0.1, 0.15) is 36.0 Å². The van der Waals surface area contributed by atoms with Crippen molar-refractivity contribution in [3.8, 4) is 0 Å². The minimum Gasteiger partial charge on any atom is -0.391 e. The second-order valence-electron chi connectivity index (χ2n) is 16.8. The summed E-state index contributed by atoms with van der Waals surface area (Å²) in [6.07, 6.45) is 2.85. The summed E-state index contributed by atoms with van der Waals surface area (Å²) in [6, 6.07) is 10.4. The molecule has 7 atom stereocenters. The maximum absolute atomic E-state index is 14.4. The van der Waals surface area contributed by atoms with Gasteiger partial charge in [-0.15, -0.1) is 0 Å². The van der Waals surface area contributed by atoms with Crippen LogP contribution in [0, 0.1) is 11.3 Å². The fourth-order valence-corrected chi connectivity index (χ4v) is 8.12. The molecule has 0 bridgehead atoms. The Kier molecular flexibility index (Phi) is 18.2. The topological polar surface area (TPSA) is 307 Å². The Bertz CT molecular complexity index is 2110. The smallest absolute Gasteiger partial charge is 0.243 e. The zero-order valence-electron chi connectivity index (χ0n) is 36.3. The van der Waals surface area contributed by atoms with Gasteiger partial charge in [-0.3, -0.25) is 39.0 Å². The van der Waals surface area contributed by atoms with Crippen molar-refractivity contribution in [1.82, 2.24) is 41.8 Å². The molecule has 64 heavy (non-hydrogen) atoms. The molecule has 0 radical (unpaired) electrons. The van der Waals surface area contributed by atoms with Gasteiger partial charge in [0.05, 0.1) is 6.10 Å². The first-order chi connectivity index (χ1) is 30.7. The van der Waals surface area contributed by atoms with Gasteiger partial charge in [0.15, 0.2) is 5.96 Å². The zero-order valence-corrected chi connectivity index (χ0v) is 36.3. The van der Waals surface area contributed by atoms with Crippen LogP contribution in [-0.4, -0.2) is 125 Å². The fraction of sp³-hybridized carbons (Fsp3) is 0.511. The Balaban J connectivity index is 1.47. The van der Waals surface area contributed by atoms with Crippen LogP contribution in [0.5, 0.6) is 0 Å². The molecule has 5 rings (SSSR count). The van der Waals surface area contributed by atoms with E-state index in [1.165, 1.54) is 4.90 Å². The number of aliphatic hydroxyl groups excluding tert-OH is 1. The van der Waals surface area contributed by atoms with Crippen LogP contribution in [0.2, 0.25) is 0 Å². The highest BCUT2D eigenvalue weighted by atomic mass is 16.3. The van der Waals surface area contributed by atoms with E-state index in [2.05, 4.69) is 36.9 Å². The summed E-state index contributed by atoms with van der Waals surface area (Å²) in [4.78, 5) is 101. The molecule has 3 heterocycles. The Morgan fingerprint density at radius 2 is 1.48 bits per heavy atom. The van der Waals surface area contributed by atoms with Gasteiger partial charge in [-0.1, -0.05) is 55.5 Å². The molecule has 2 saturated heterocycles. The molecule has 0 aliphatic carbocycles. The summed E-state index contributed by atoms with van der Waals surface area (Å²) in [5, 5.41) is 36.1. The first-order valence-corrected chi connectivity index (χ1v) is 22.1. The van der Waals surface area contributed by atoms with Crippen LogP contribution in [-0.2, 0) is 46.4 Å². The van der Waals surface area contributed by atoms with Crippen molar-refractivity contribution in [2.24, 2.45) is 17.4 Å². The van der Waals surface area contributed by atoms with E-state index in [1.54, 1.807) is 43.5 Å². The van der Waals surface area contributed by atoms with Gasteiger partial charge in [-0.2, -0.15) is 0 Å². The van der Waals surface area contributed by atoms with Crippen molar-refractivity contribution < 1.29 is 38.7 Å². The average molecular weight is 886 g/mol. The SMILES string of the molecule is C[C@H]1CCC(=O)CCNCCCC[C@@H](C(N)=O)NC(=O)[C@H](Cc2c[nH]c3ccccc23)NC(=O)C(CCCNC(=N)N)NC(=O)[C@@H](Cc2ccccc2)NC(=O)[C@@H]2C[C@@H](O)CN2C1=O. The number of ketones is 1. The highest BCUT2D eigenvalue weighted by molar-refractivity contribution is 5.97. The number of rotatable bonds is 9. The first-order valence-electron chi connectivity index (χ1n) is 22.1. The number of H-pyrrole nitrogens is 1. The lowest BCUT2D eigenvalue weighted by atomic mass is 10.00. The third-order valence-corrected chi connectivity index (χ3v) is 11.7. The molecular formula is C45H63N11O8. The Morgan fingerprint density at radius 3 is 2.23 bits per heavy atom. The van der Waals surface area contributed by atoms with E-state index in [-0.39, 0.29) is 82.6 Å². The molecule has 2 aliphatic rings. The number of aromatic nitrogens is 1. The number of para-hydroxylation sites is 1. The molecule has 346 valence electrons. The van der Waals surface area contributed by atoms with Gasteiger partial charge in [0.2, 0.25) is 35.4 Å². The molecule has 2 aliphatic heterocycles. The van der Waals surface area contributed by atoms with Gasteiger partial charge in [0.25, 0.3) is 0 Å². The van der Waals surface area contributed by atoms with Crippen LogP contribution in [0.3, 0.4) is 0 Å². The molecule has 19 nitrogen and oxygen atoms in total. The van der Waals surface area contributed by atoms with E-state index in [0.717, 1.165) is 10.9 Å². The number of Topliss-reactive ketones (excluding diaryl/α,β-unsaturated/α-hetero) is 1. The van der Waals surface area contributed by atoms with Crippen LogP contribution < -0.4 is 43.4 Å². The predicted octanol–water partition coefficient (Wildman–Crippen LogP) is -0.248. The molecule has 1 unspecified atom stereocenters. The zero-order chi connectivity index (χ0) is 46.2. The number of primary amides is 1. The number of aromatic amines is 1. The van der Waals surface area contributed by atoms with Crippen molar-refractivity contribution in [2.45, 2.75) is 114 Å². The number of hydrogen-bond acceptors (Lipinski definition) is 10. The lowest BCUT2D eigenvalue weighted by Gasteiger charge is -2.29. The molecule has 13 N–H and O–H groups in total. The summed E-state index contributed by atoms with van der Waals surface area (Å²) >= 11 is 0. The number of nitrogens with one attached hydrogen (secondary N) is 8. The molecule has 0 saturated carbocycles. The monoisotopic (exact) mass is 885 g/mol. The summed E-state index contributed by atoms with van der Waals surface area (Å²) in [5.41, 5.74) is 13.5. The molecule has 3 aromatic rings. The van der Waals surface area contributed by atoms with E-state index >= 15 is 0 Å². The van der Waals surface area contributed by atoms with Crippen molar-refractivity contribution in [3.05, 3.63) is 71.9 Å². The highest BCUT2D eigenvalue weighted by Gasteiger charge is 2.42. The van der Waals surface area contributed by atoms with E-state index in [0.29, 0.717) is 37.1 Å². The predicted molar refractivity (Wildman–Crippen MR) is 239 cm³/mol. The molecule has 6 amide bonds. The third kappa shape index (κ3) is 14.3. The van der Waals surface area contributed by atoms with Crippen molar-refractivity contribution in [1.29, 1.82) is 5.41 Å². The van der Waals surface area contributed by atoms with Crippen LogP contribution >= 0.6 is 0 Å². The number of aliphatic hydroxyl groups is 1. The fourth-order valence-electron chi connectivity index (χ4n) is 8.12. The molecule has 19 heteroatoms. The van der Waals surface area contributed by atoms with Gasteiger partial charge in [-0.25, -0.2) is 0 Å². The Hall–Kier alpha value is -6.34. The third-order valence-electron chi connectivity index (χ3n) is 11.7. The van der Waals surface area contributed by atoms with Crippen LogP contribution in [0.1, 0.15) is 75.8 Å². The van der Waals surface area contributed by atoms with Gasteiger partial charge >= 0.3 is 0 Å². The molecule has 1 aromatic heterocycles. The van der Waals surface area contributed by atoms with E-state index < -0.39 is 77.7 Å². The minimum atomic E-state index is -1.28. The largest absolute Gasteiger partial charge is 0.391 e. The van der Waals surface area contributed by atoms with Gasteiger partial charge < -0.3 is 58.4 Å². The molecule has 2 fully saturated rings. The number of benzene rings is 2. The number of hydrogen-bond donors (Lipinski definition) is 11. The molecule has 0 spiro atoms. The second-order valence-corrected chi connectivity index (χ2v) is 16.8. The number of fused-ring (bicyclic) bond motifs is 2. The van der Waals surface area contributed by atoms with Crippen molar-refractivity contribution >= 4 is 58.1 Å². The summed E-state index contributed by atoms with van der Waals surface area (Å²) in [6.45, 7) is 2.69. The molecular weight excluding hydrogens is 823 g/mol. The van der Waals surface area contributed by atoms with Crippen LogP contribution in [0.15, 0.2) is 60.8 Å². The van der Waals surface area contributed by atoms with Crippen LogP contribution in [0.25, 0.3) is 10.9 Å². The second kappa shape index (κ2) is 23.9. The molecule has 2 aromatic carbocycles. The summed E-state index contributed by atoms with van der Waals surface area (Å²) in [5.74, 6) is -4.93. The average Bonchev–Trinajstić information content (AvgIpc) is 3.87. The number of carbonyl (C=O) groups excluding carboxylic acids is 7. The lowest BCUT2D eigenvalue weighted by Crippen LogP contribution is -2.59. The highest BCUT2D eigenvalue weighted by Crippen LogP contribution is 2.24. The summed E-state index contributed by atoms with van der Waals surface area (Å²) in [7, 11) is 0. The maximum atomic E-state index is 14.4. The Morgan fingerprint density at radius 1 is 0.812 bits per heavy atom. The van der Waals surface area contributed by atoms with Gasteiger partial charge in [-0.05, 0) is 62.3 Å². The van der Waals surface area contributed by atoms with E-state index in [1.807, 2.05) is 24.3 Å². The summed E-state index contributed by atoms with van der Waals surface area (Å²) < 4.78 is 0. The number of amides is 6. The maximum Gasteiger partial charge on any atom is 0.243 e. The van der Waals surface area contributed by atoms with Crippen LogP contribution in [0.4, 0.5) is 0 Å². The number of carbonyl (C=O) groups is 7. The number of nitrogens with two attached hydrogens (primary N) is 2. The quantitative estimate of drug-likeness (QED) is 0.0757. The normalized spacial score (nSPS) is 25.4. The Labute approximate surface area is 372 Å². The lowest BCUT2D eigenvalue weighted by molar-refractivity contribution is -0.142. The van der Waals surface area contributed by atoms with E-state index in [9.17, 15) is 38.7 Å². The minimum absolute atomic E-state index is 0.00393. The van der Waals surface area contributed by atoms with Gasteiger partial charge in [0, 0.05) is 74.8 Å². The standard InChI is InChI=1S/C45H63N11O8/c1-27-16-17-30(57)18-21-49-19-8-7-14-34(39(46)59)52-42(62)37(23-29-25-51-33-13-6-5-12-32(29)33)54-40(60)35(15-9-20-50-45(47)48)53-41(61)36(22-28-10-3-2-4-11-28)55-43(63)38-24-31(58)26-56(38)44(27)64/h2-6,10-13,25,27,31,34-38,49,51,58H,7-9,14-24,26H2,1H3,(H2,46,59)(H,52,62)(H,53,61)(H,54,60)(H,55,63)(H4,47,48,50)/t27-,31+,34-,35?,36+,37-,38-/m0/s1.